The van der Waals surface area contributed by atoms with Crippen LogP contribution in [0.4, 0.5) is 5.69 Å². The number of carboxylic acid groups (broad SMARTS) is 1. The predicted molar refractivity (Wildman–Crippen MR) is 89.9 cm³/mol. The fourth-order valence-corrected chi connectivity index (χ4v) is 2.76. The lowest BCUT2D eigenvalue weighted by molar-refractivity contribution is -0.146. The van der Waals surface area contributed by atoms with E-state index in [4.69, 9.17) is 0 Å². The van der Waals surface area contributed by atoms with Crippen molar-refractivity contribution in [3.63, 3.8) is 0 Å². The van der Waals surface area contributed by atoms with Crippen molar-refractivity contribution in [3.8, 4) is 0 Å². The average Bonchev–Trinajstić information content (AvgIpc) is 3.21. The van der Waals surface area contributed by atoms with Gasteiger partial charge in [-0.3, -0.25) is 9.48 Å². The summed E-state index contributed by atoms with van der Waals surface area (Å²) in [5.41, 5.74) is 1.02. The fraction of sp³-hybridized carbons (Fsp3) is 0.389. The van der Waals surface area contributed by atoms with Gasteiger partial charge in [0.15, 0.2) is 5.54 Å². The fourth-order valence-electron chi connectivity index (χ4n) is 2.76. The maximum absolute atomic E-state index is 12.7. The first-order valence-electron chi connectivity index (χ1n) is 7.93. The number of nitrogens with one attached hydrogen (secondary N) is 1. The summed E-state index contributed by atoms with van der Waals surface area (Å²) >= 11 is 0. The molecule has 1 heterocycles. The maximum atomic E-state index is 12.7. The van der Waals surface area contributed by atoms with Gasteiger partial charge in [0.05, 0.1) is 17.3 Å². The van der Waals surface area contributed by atoms with Crippen LogP contribution < -0.4 is 5.32 Å². The zero-order valence-corrected chi connectivity index (χ0v) is 14.0. The molecule has 0 spiro atoms. The first-order valence-corrected chi connectivity index (χ1v) is 7.93. The molecule has 6 nitrogen and oxygen atoms in total. The number of hydrogen-bond donors (Lipinski definition) is 2. The van der Waals surface area contributed by atoms with Crippen LogP contribution in [0.1, 0.15) is 37.8 Å². The number of rotatable bonds is 5. The summed E-state index contributed by atoms with van der Waals surface area (Å²) in [6, 6.07) is 8.00. The van der Waals surface area contributed by atoms with Crippen LogP contribution in [-0.4, -0.2) is 26.8 Å². The summed E-state index contributed by atoms with van der Waals surface area (Å²) in [5.74, 6) is -1.05. The van der Waals surface area contributed by atoms with Crippen molar-refractivity contribution in [2.24, 2.45) is 0 Å². The van der Waals surface area contributed by atoms with Crippen LogP contribution in [0.3, 0.4) is 0 Å². The number of carbonyl (C=O) groups excluding carboxylic acids is 1. The molecule has 0 saturated heterocycles. The van der Waals surface area contributed by atoms with Crippen LogP contribution in [0.2, 0.25) is 0 Å². The summed E-state index contributed by atoms with van der Waals surface area (Å²) in [4.78, 5) is 24.0. The van der Waals surface area contributed by atoms with E-state index < -0.39 is 16.9 Å². The smallest absolute Gasteiger partial charge is 0.331 e. The minimum atomic E-state index is -1.17. The van der Waals surface area contributed by atoms with E-state index in [0.29, 0.717) is 5.69 Å². The molecule has 0 radical (unpaired) electrons. The number of aryl methyl sites for hydroxylation is 1. The third kappa shape index (κ3) is 2.68. The second-order valence-corrected chi connectivity index (χ2v) is 6.94. The molecular formula is C18H21N3O3. The Kier molecular flexibility index (Phi) is 3.70. The van der Waals surface area contributed by atoms with Gasteiger partial charge in [-0.15, -0.1) is 0 Å². The number of benzene rings is 1. The van der Waals surface area contributed by atoms with E-state index >= 15 is 0 Å². The van der Waals surface area contributed by atoms with E-state index in [-0.39, 0.29) is 5.91 Å². The lowest BCUT2D eigenvalue weighted by atomic mass is 9.93. The van der Waals surface area contributed by atoms with Gasteiger partial charge < -0.3 is 10.4 Å². The highest BCUT2D eigenvalue weighted by Crippen LogP contribution is 2.49. The highest BCUT2D eigenvalue weighted by molar-refractivity contribution is 6.01. The lowest BCUT2D eigenvalue weighted by Gasteiger charge is -2.19. The molecule has 0 unspecified atom stereocenters. The molecule has 6 heteroatoms. The molecular weight excluding hydrogens is 306 g/mol. The Labute approximate surface area is 140 Å². The van der Waals surface area contributed by atoms with E-state index in [1.807, 2.05) is 31.2 Å². The zero-order chi connectivity index (χ0) is 17.5. The Morgan fingerprint density at radius 3 is 2.62 bits per heavy atom. The van der Waals surface area contributed by atoms with Crippen molar-refractivity contribution < 1.29 is 14.7 Å². The number of anilines is 1. The summed E-state index contributed by atoms with van der Waals surface area (Å²) < 4.78 is 1.34. The Hall–Kier alpha value is -2.63. The van der Waals surface area contributed by atoms with Crippen molar-refractivity contribution in [3.05, 3.63) is 47.8 Å². The van der Waals surface area contributed by atoms with Gasteiger partial charge >= 0.3 is 5.97 Å². The molecule has 2 aromatic rings. The topological polar surface area (TPSA) is 84.2 Å². The molecule has 3 rings (SSSR count). The minimum Gasteiger partial charge on any atom is -0.479 e. The number of amides is 1. The summed E-state index contributed by atoms with van der Waals surface area (Å²) in [6.45, 7) is 5.13. The van der Waals surface area contributed by atoms with Crippen LogP contribution in [0, 0.1) is 6.92 Å². The first kappa shape index (κ1) is 16.2. The normalized spacial score (nSPS) is 15.8. The van der Waals surface area contributed by atoms with Gasteiger partial charge in [-0.25, -0.2) is 4.79 Å². The van der Waals surface area contributed by atoms with Crippen LogP contribution >= 0.6 is 0 Å². The number of hydrogen-bond acceptors (Lipinski definition) is 3. The van der Waals surface area contributed by atoms with Crippen molar-refractivity contribution in [1.29, 1.82) is 0 Å². The largest absolute Gasteiger partial charge is 0.479 e. The number of aliphatic carboxylic acids is 1. The van der Waals surface area contributed by atoms with E-state index in [0.717, 1.165) is 24.0 Å². The highest BCUT2D eigenvalue weighted by Gasteiger charge is 2.51. The Morgan fingerprint density at radius 1 is 1.33 bits per heavy atom. The molecule has 1 amide bonds. The van der Waals surface area contributed by atoms with Crippen LogP contribution in [-0.2, 0) is 20.5 Å². The number of aromatic nitrogens is 2. The van der Waals surface area contributed by atoms with E-state index in [1.165, 1.54) is 10.9 Å². The lowest BCUT2D eigenvalue weighted by Crippen LogP contribution is -2.36. The van der Waals surface area contributed by atoms with E-state index in [9.17, 15) is 14.7 Å². The standard InChI is InChI=1S/C18H21N3O3/c1-12-5-4-6-13(9-12)18(7-8-18)15(22)20-14-10-19-21(11-14)17(2,3)16(23)24/h4-6,9-11H,7-8H2,1-3H3,(H,20,22)(H,23,24). The Balaban J connectivity index is 1.79. The molecule has 24 heavy (non-hydrogen) atoms. The molecule has 126 valence electrons. The SMILES string of the molecule is Cc1cccc(C2(C(=O)Nc3cnn(C(C)(C)C(=O)O)c3)CC2)c1. The van der Waals surface area contributed by atoms with Crippen molar-refractivity contribution in [2.75, 3.05) is 5.32 Å². The van der Waals surface area contributed by atoms with Gasteiger partial charge in [-0.1, -0.05) is 29.8 Å². The summed E-state index contributed by atoms with van der Waals surface area (Å²) in [7, 11) is 0. The monoisotopic (exact) mass is 327 g/mol. The number of carbonyl (C=O) groups is 2. The summed E-state index contributed by atoms with van der Waals surface area (Å²) in [6.07, 6.45) is 4.67. The third-order valence-corrected chi connectivity index (χ3v) is 4.69. The maximum Gasteiger partial charge on any atom is 0.331 e. The Bertz CT molecular complexity index is 803. The number of nitrogens with zero attached hydrogens (tertiary/aromatic N) is 2. The quantitative estimate of drug-likeness (QED) is 0.884. The van der Waals surface area contributed by atoms with Crippen LogP contribution in [0.15, 0.2) is 36.7 Å². The highest BCUT2D eigenvalue weighted by atomic mass is 16.4. The minimum absolute atomic E-state index is 0.0687. The van der Waals surface area contributed by atoms with E-state index in [2.05, 4.69) is 10.4 Å². The molecule has 1 aromatic carbocycles. The van der Waals surface area contributed by atoms with Gasteiger partial charge in [0, 0.05) is 6.20 Å². The van der Waals surface area contributed by atoms with Gasteiger partial charge in [0.1, 0.15) is 0 Å². The molecule has 0 aliphatic heterocycles. The summed E-state index contributed by atoms with van der Waals surface area (Å²) in [5, 5.41) is 16.2. The second-order valence-electron chi connectivity index (χ2n) is 6.94. The van der Waals surface area contributed by atoms with Gasteiger partial charge in [0.2, 0.25) is 5.91 Å². The second kappa shape index (κ2) is 5.47. The van der Waals surface area contributed by atoms with Crippen LogP contribution in [0.25, 0.3) is 0 Å². The van der Waals surface area contributed by atoms with Crippen LogP contribution in [0.5, 0.6) is 0 Å². The van der Waals surface area contributed by atoms with Gasteiger partial charge in [-0.2, -0.15) is 5.10 Å². The van der Waals surface area contributed by atoms with Gasteiger partial charge in [0.25, 0.3) is 0 Å². The third-order valence-electron chi connectivity index (χ3n) is 4.69. The molecule has 0 bridgehead atoms. The van der Waals surface area contributed by atoms with Crippen molar-refractivity contribution in [1.82, 2.24) is 9.78 Å². The van der Waals surface area contributed by atoms with Crippen molar-refractivity contribution >= 4 is 17.6 Å². The molecule has 1 aliphatic carbocycles. The molecule has 2 N–H and O–H groups in total. The molecule has 0 atom stereocenters. The molecule has 1 saturated carbocycles. The predicted octanol–water partition coefficient (Wildman–Crippen LogP) is 2.68. The molecule has 1 aromatic heterocycles. The zero-order valence-electron chi connectivity index (χ0n) is 14.0. The first-order chi connectivity index (χ1) is 11.3. The molecule has 1 fully saturated rings. The number of carboxylic acids is 1. The Morgan fingerprint density at radius 2 is 2.04 bits per heavy atom. The molecule has 1 aliphatic rings. The van der Waals surface area contributed by atoms with E-state index in [1.54, 1.807) is 20.0 Å². The van der Waals surface area contributed by atoms with Gasteiger partial charge in [-0.05, 0) is 39.2 Å². The van der Waals surface area contributed by atoms with Crippen molar-refractivity contribution in [2.45, 2.75) is 44.6 Å². The average molecular weight is 327 g/mol.